The van der Waals surface area contributed by atoms with E-state index >= 15 is 0 Å². The predicted molar refractivity (Wildman–Crippen MR) is 96.3 cm³/mol. The van der Waals surface area contributed by atoms with E-state index in [2.05, 4.69) is 20.4 Å². The summed E-state index contributed by atoms with van der Waals surface area (Å²) in [4.78, 5) is 2.20. The SMILES string of the molecule is Cc1cc(NC2CCCN(C)C2)nnc1-c1ccc(C(F)(F)F)cc1C(F)F. The fraction of sp³-hybridized carbons (Fsp3) is 0.474. The highest BCUT2D eigenvalue weighted by Gasteiger charge is 2.32. The van der Waals surface area contributed by atoms with E-state index in [1.165, 1.54) is 0 Å². The first kappa shape index (κ1) is 20.4. The zero-order valence-corrected chi connectivity index (χ0v) is 15.5. The molecule has 1 atom stereocenters. The van der Waals surface area contributed by atoms with Crippen LogP contribution in [0.5, 0.6) is 0 Å². The van der Waals surface area contributed by atoms with Crippen LogP contribution in [0.25, 0.3) is 11.3 Å². The number of hydrogen-bond acceptors (Lipinski definition) is 4. The van der Waals surface area contributed by atoms with Crippen molar-refractivity contribution in [1.82, 2.24) is 15.1 Å². The quantitative estimate of drug-likeness (QED) is 0.740. The number of aryl methyl sites for hydroxylation is 1. The van der Waals surface area contributed by atoms with Crippen molar-refractivity contribution in [3.63, 3.8) is 0 Å². The van der Waals surface area contributed by atoms with Gasteiger partial charge in [0.25, 0.3) is 6.43 Å². The lowest BCUT2D eigenvalue weighted by Crippen LogP contribution is -2.39. The zero-order chi connectivity index (χ0) is 20.5. The smallest absolute Gasteiger partial charge is 0.365 e. The summed E-state index contributed by atoms with van der Waals surface area (Å²) in [5.41, 5.74) is -1.16. The molecule has 0 spiro atoms. The molecule has 3 rings (SSSR count). The van der Waals surface area contributed by atoms with Crippen LogP contribution in [0.15, 0.2) is 24.3 Å². The predicted octanol–water partition coefficient (Wildman–Crippen LogP) is 4.91. The van der Waals surface area contributed by atoms with Crippen LogP contribution in [0.3, 0.4) is 0 Å². The molecule has 0 saturated carbocycles. The third-order valence-corrected chi connectivity index (χ3v) is 4.83. The molecule has 28 heavy (non-hydrogen) atoms. The van der Waals surface area contributed by atoms with E-state index in [0.717, 1.165) is 38.1 Å². The minimum absolute atomic E-state index is 0.0445. The molecular formula is C19H21F5N4. The molecule has 4 nitrogen and oxygen atoms in total. The number of hydrogen-bond donors (Lipinski definition) is 1. The highest BCUT2D eigenvalue weighted by Crippen LogP contribution is 2.37. The molecule has 152 valence electrons. The number of alkyl halides is 5. The van der Waals surface area contributed by atoms with Gasteiger partial charge in [0.05, 0.1) is 11.3 Å². The summed E-state index contributed by atoms with van der Waals surface area (Å²) in [6, 6.07) is 4.19. The zero-order valence-electron chi connectivity index (χ0n) is 15.5. The normalized spacial score (nSPS) is 18.5. The fourth-order valence-electron chi connectivity index (χ4n) is 3.45. The molecule has 0 bridgehead atoms. The highest BCUT2D eigenvalue weighted by molar-refractivity contribution is 5.68. The van der Waals surface area contributed by atoms with Gasteiger partial charge in [-0.25, -0.2) is 8.78 Å². The molecule has 1 saturated heterocycles. The van der Waals surface area contributed by atoms with Crippen molar-refractivity contribution in [2.24, 2.45) is 0 Å². The van der Waals surface area contributed by atoms with Gasteiger partial charge in [-0.1, -0.05) is 6.07 Å². The van der Waals surface area contributed by atoms with Crippen molar-refractivity contribution in [3.8, 4) is 11.3 Å². The van der Waals surface area contributed by atoms with Gasteiger partial charge in [-0.05, 0) is 57.1 Å². The number of likely N-dealkylation sites (tertiary alicyclic amines) is 1. The summed E-state index contributed by atoms with van der Waals surface area (Å²) in [6.07, 6.45) is -5.71. The van der Waals surface area contributed by atoms with Crippen LogP contribution < -0.4 is 5.32 Å². The van der Waals surface area contributed by atoms with Crippen molar-refractivity contribution < 1.29 is 22.0 Å². The number of anilines is 1. The van der Waals surface area contributed by atoms with Gasteiger partial charge in [-0.2, -0.15) is 13.2 Å². The van der Waals surface area contributed by atoms with Gasteiger partial charge in [-0.15, -0.1) is 10.2 Å². The number of piperidine rings is 1. The van der Waals surface area contributed by atoms with Gasteiger partial charge in [0.2, 0.25) is 0 Å². The molecule has 0 aliphatic carbocycles. The van der Waals surface area contributed by atoms with Gasteiger partial charge < -0.3 is 10.2 Å². The van der Waals surface area contributed by atoms with Crippen molar-refractivity contribution in [1.29, 1.82) is 0 Å². The van der Waals surface area contributed by atoms with Crippen molar-refractivity contribution in [3.05, 3.63) is 41.0 Å². The Kier molecular flexibility index (Phi) is 5.83. The minimum Gasteiger partial charge on any atom is -0.365 e. The van der Waals surface area contributed by atoms with Crippen LogP contribution in [-0.4, -0.2) is 41.3 Å². The monoisotopic (exact) mass is 400 g/mol. The molecule has 0 radical (unpaired) electrons. The van der Waals surface area contributed by atoms with Crippen LogP contribution in [0.1, 0.15) is 36.0 Å². The van der Waals surface area contributed by atoms with E-state index in [4.69, 9.17) is 0 Å². The van der Waals surface area contributed by atoms with Crippen LogP contribution >= 0.6 is 0 Å². The van der Waals surface area contributed by atoms with Crippen molar-refractivity contribution >= 4 is 5.82 Å². The molecule has 9 heteroatoms. The molecular weight excluding hydrogens is 379 g/mol. The Hall–Kier alpha value is -2.29. The van der Waals surface area contributed by atoms with Crippen molar-refractivity contribution in [2.45, 2.75) is 38.4 Å². The number of rotatable bonds is 4. The maximum atomic E-state index is 13.4. The number of benzene rings is 1. The Morgan fingerprint density at radius 2 is 1.93 bits per heavy atom. The molecule has 1 fully saturated rings. The number of likely N-dealkylation sites (N-methyl/N-ethyl adjacent to an activating group) is 1. The third kappa shape index (κ3) is 4.57. The topological polar surface area (TPSA) is 41.0 Å². The van der Waals surface area contributed by atoms with Gasteiger partial charge in [-0.3, -0.25) is 0 Å². The maximum absolute atomic E-state index is 13.4. The molecule has 0 amide bonds. The van der Waals surface area contributed by atoms with Crippen molar-refractivity contribution in [2.75, 3.05) is 25.5 Å². The second kappa shape index (κ2) is 7.98. The molecule has 1 aromatic heterocycles. The van der Waals surface area contributed by atoms with E-state index in [1.54, 1.807) is 13.0 Å². The number of nitrogens with one attached hydrogen (secondary N) is 1. The van der Waals surface area contributed by atoms with Gasteiger partial charge in [0, 0.05) is 23.7 Å². The number of aromatic nitrogens is 2. The summed E-state index contributed by atoms with van der Waals surface area (Å²) >= 11 is 0. The minimum atomic E-state index is -4.69. The second-order valence-corrected chi connectivity index (χ2v) is 7.11. The average molecular weight is 400 g/mol. The van der Waals surface area contributed by atoms with Crippen LogP contribution in [0.4, 0.5) is 27.8 Å². The first-order valence-electron chi connectivity index (χ1n) is 8.94. The fourth-order valence-corrected chi connectivity index (χ4v) is 3.45. The summed E-state index contributed by atoms with van der Waals surface area (Å²) < 4.78 is 65.4. The third-order valence-electron chi connectivity index (χ3n) is 4.83. The Morgan fingerprint density at radius 1 is 1.18 bits per heavy atom. The van der Waals surface area contributed by atoms with E-state index in [1.807, 2.05) is 7.05 Å². The molecule has 1 unspecified atom stereocenters. The van der Waals surface area contributed by atoms with E-state index < -0.39 is 23.7 Å². The first-order valence-corrected chi connectivity index (χ1v) is 8.94. The van der Waals surface area contributed by atoms with Gasteiger partial charge >= 0.3 is 6.18 Å². The first-order chi connectivity index (χ1) is 13.1. The second-order valence-electron chi connectivity index (χ2n) is 7.11. The summed E-state index contributed by atoms with van der Waals surface area (Å²) in [5, 5.41) is 11.4. The van der Waals surface area contributed by atoms with E-state index in [0.29, 0.717) is 17.4 Å². The summed E-state index contributed by atoms with van der Waals surface area (Å²) in [6.45, 7) is 3.57. The molecule has 1 aliphatic heterocycles. The lowest BCUT2D eigenvalue weighted by Gasteiger charge is -2.30. The largest absolute Gasteiger partial charge is 0.416 e. The average Bonchev–Trinajstić information content (AvgIpc) is 2.60. The summed E-state index contributed by atoms with van der Waals surface area (Å²) in [5.74, 6) is 0.520. The standard InChI is InChI=1S/C19H21F5N4/c1-11-8-16(25-13-4-3-7-28(2)10-13)26-27-17(11)14-6-5-12(19(22,23)24)9-15(14)18(20)21/h5-6,8-9,13,18H,3-4,7,10H2,1-2H3,(H,25,26). The Balaban J connectivity index is 1.89. The number of nitrogens with zero attached hydrogens (tertiary/aromatic N) is 3. The molecule has 1 aliphatic rings. The van der Waals surface area contributed by atoms with E-state index in [-0.39, 0.29) is 17.3 Å². The van der Waals surface area contributed by atoms with E-state index in [9.17, 15) is 22.0 Å². The number of halogens is 5. The Labute approximate surface area is 159 Å². The van der Waals surface area contributed by atoms with Crippen LogP contribution in [0, 0.1) is 6.92 Å². The lowest BCUT2D eigenvalue weighted by molar-refractivity contribution is -0.137. The van der Waals surface area contributed by atoms with Crippen LogP contribution in [0.2, 0.25) is 0 Å². The lowest BCUT2D eigenvalue weighted by atomic mass is 9.98. The molecule has 1 N–H and O–H groups in total. The Bertz CT molecular complexity index is 838. The van der Waals surface area contributed by atoms with Crippen LogP contribution in [-0.2, 0) is 6.18 Å². The van der Waals surface area contributed by atoms with Gasteiger partial charge in [0.1, 0.15) is 5.82 Å². The molecule has 2 aromatic rings. The highest BCUT2D eigenvalue weighted by atomic mass is 19.4. The molecule has 1 aromatic carbocycles. The van der Waals surface area contributed by atoms with Gasteiger partial charge in [0.15, 0.2) is 0 Å². The maximum Gasteiger partial charge on any atom is 0.416 e. The molecule has 2 heterocycles. The Morgan fingerprint density at radius 3 is 2.54 bits per heavy atom. The summed E-state index contributed by atoms with van der Waals surface area (Å²) in [7, 11) is 2.03.